The van der Waals surface area contributed by atoms with Gasteiger partial charge in [0.15, 0.2) is 0 Å². The number of carbonyl (C=O) groups excluding carboxylic acids is 1. The van der Waals surface area contributed by atoms with Crippen LogP contribution in [-0.2, 0) is 11.3 Å². The highest BCUT2D eigenvalue weighted by Crippen LogP contribution is 2.11. The molecule has 0 bridgehead atoms. The molecular formula is C11H17N3O2S. The predicted molar refractivity (Wildman–Crippen MR) is 65.7 cm³/mol. The Labute approximate surface area is 105 Å². The van der Waals surface area contributed by atoms with Crippen molar-refractivity contribution in [3.63, 3.8) is 0 Å². The van der Waals surface area contributed by atoms with E-state index in [-0.39, 0.29) is 5.91 Å². The zero-order valence-electron chi connectivity index (χ0n) is 9.87. The first-order chi connectivity index (χ1) is 8.15. The maximum atomic E-state index is 11.3. The molecule has 5 nitrogen and oxygen atoms in total. The first kappa shape index (κ1) is 12.5. The Hall–Kier alpha value is -0.980. The Morgan fingerprint density at radius 1 is 1.59 bits per heavy atom. The molecule has 17 heavy (non-hydrogen) atoms. The third-order valence-corrected chi connectivity index (χ3v) is 3.64. The van der Waals surface area contributed by atoms with Gasteiger partial charge in [0.05, 0.1) is 12.6 Å². The molecule has 1 N–H and O–H groups in total. The van der Waals surface area contributed by atoms with Gasteiger partial charge >= 0.3 is 0 Å². The van der Waals surface area contributed by atoms with E-state index in [0.717, 1.165) is 18.1 Å². The smallest absolute Gasteiger partial charge is 0.219 e. The fraction of sp³-hybridized carbons (Fsp3) is 0.636. The molecule has 1 fully saturated rings. The van der Waals surface area contributed by atoms with E-state index < -0.39 is 6.10 Å². The van der Waals surface area contributed by atoms with E-state index in [0.29, 0.717) is 19.6 Å². The number of thiazole rings is 1. The molecule has 0 saturated carbocycles. The average molecular weight is 255 g/mol. The molecule has 2 rings (SSSR count). The summed E-state index contributed by atoms with van der Waals surface area (Å²) in [5, 5.41) is 12.9. The van der Waals surface area contributed by atoms with E-state index in [1.54, 1.807) is 29.4 Å². The SMILES string of the molecule is CC(=O)N1CCN(Cc2nccs2)C[C@@H](O)C1. The Bertz CT molecular complexity index is 369. The molecule has 1 saturated heterocycles. The second kappa shape index (κ2) is 5.57. The molecule has 1 aliphatic heterocycles. The normalized spacial score (nSPS) is 22.5. The topological polar surface area (TPSA) is 56.7 Å². The summed E-state index contributed by atoms with van der Waals surface area (Å²) in [5.74, 6) is 0.0279. The number of aromatic nitrogens is 1. The zero-order chi connectivity index (χ0) is 12.3. The Morgan fingerprint density at radius 2 is 2.41 bits per heavy atom. The number of amides is 1. The lowest BCUT2D eigenvalue weighted by atomic mass is 10.3. The molecule has 1 aliphatic rings. The molecule has 6 heteroatoms. The van der Waals surface area contributed by atoms with Crippen LogP contribution in [0.3, 0.4) is 0 Å². The summed E-state index contributed by atoms with van der Waals surface area (Å²) >= 11 is 1.62. The van der Waals surface area contributed by atoms with Gasteiger partial charge in [-0.2, -0.15) is 0 Å². The van der Waals surface area contributed by atoms with Crippen LogP contribution in [0.2, 0.25) is 0 Å². The molecule has 0 aromatic carbocycles. The minimum absolute atomic E-state index is 0.0279. The number of hydrogen-bond acceptors (Lipinski definition) is 5. The Balaban J connectivity index is 1.94. The molecule has 0 unspecified atom stereocenters. The highest BCUT2D eigenvalue weighted by Gasteiger charge is 2.22. The van der Waals surface area contributed by atoms with Crippen LogP contribution in [0.25, 0.3) is 0 Å². The van der Waals surface area contributed by atoms with Crippen molar-refractivity contribution >= 4 is 17.2 Å². The molecule has 94 valence electrons. The summed E-state index contributed by atoms with van der Waals surface area (Å²) in [7, 11) is 0. The van der Waals surface area contributed by atoms with E-state index in [1.807, 2.05) is 5.38 Å². The fourth-order valence-corrected chi connectivity index (χ4v) is 2.66. The minimum Gasteiger partial charge on any atom is -0.390 e. The molecular weight excluding hydrogens is 238 g/mol. The van der Waals surface area contributed by atoms with Crippen LogP contribution in [0.5, 0.6) is 0 Å². The van der Waals surface area contributed by atoms with Crippen molar-refractivity contribution in [3.05, 3.63) is 16.6 Å². The van der Waals surface area contributed by atoms with Crippen molar-refractivity contribution in [2.24, 2.45) is 0 Å². The molecule has 0 aliphatic carbocycles. The maximum absolute atomic E-state index is 11.3. The summed E-state index contributed by atoms with van der Waals surface area (Å²) in [5.41, 5.74) is 0. The largest absolute Gasteiger partial charge is 0.390 e. The minimum atomic E-state index is -0.471. The van der Waals surface area contributed by atoms with Crippen LogP contribution in [0.15, 0.2) is 11.6 Å². The third-order valence-electron chi connectivity index (χ3n) is 2.87. The number of carbonyl (C=O) groups is 1. The van der Waals surface area contributed by atoms with Crippen LogP contribution in [0.4, 0.5) is 0 Å². The first-order valence-electron chi connectivity index (χ1n) is 5.69. The number of rotatable bonds is 2. The third kappa shape index (κ3) is 3.49. The number of aliphatic hydroxyl groups excluding tert-OH is 1. The predicted octanol–water partition coefficient (Wildman–Crippen LogP) is 0.168. The lowest BCUT2D eigenvalue weighted by Crippen LogP contribution is -2.36. The van der Waals surface area contributed by atoms with Gasteiger partial charge in [0.1, 0.15) is 5.01 Å². The number of aliphatic hydroxyl groups is 1. The Morgan fingerprint density at radius 3 is 3.06 bits per heavy atom. The summed E-state index contributed by atoms with van der Waals surface area (Å²) in [4.78, 5) is 19.4. The Kier molecular flexibility index (Phi) is 4.09. The van der Waals surface area contributed by atoms with Gasteiger partial charge in [-0.15, -0.1) is 11.3 Å². The van der Waals surface area contributed by atoms with E-state index in [2.05, 4.69) is 9.88 Å². The number of hydrogen-bond donors (Lipinski definition) is 1. The van der Waals surface area contributed by atoms with Gasteiger partial charge in [-0.3, -0.25) is 9.69 Å². The van der Waals surface area contributed by atoms with E-state index >= 15 is 0 Å². The summed E-state index contributed by atoms with van der Waals surface area (Å²) in [6.07, 6.45) is 1.32. The molecule has 0 radical (unpaired) electrons. The highest BCUT2D eigenvalue weighted by atomic mass is 32.1. The van der Waals surface area contributed by atoms with Crippen molar-refractivity contribution in [3.8, 4) is 0 Å². The van der Waals surface area contributed by atoms with Gasteiger partial charge in [-0.25, -0.2) is 4.98 Å². The molecule has 0 spiro atoms. The lowest BCUT2D eigenvalue weighted by molar-refractivity contribution is -0.129. The van der Waals surface area contributed by atoms with E-state index in [1.165, 1.54) is 0 Å². The number of β-amino-alcohol motifs (C(OH)–C–C–N with tert-alkyl or cyclic N) is 1. The zero-order valence-corrected chi connectivity index (χ0v) is 10.7. The fourth-order valence-electron chi connectivity index (χ4n) is 2.01. The van der Waals surface area contributed by atoms with Crippen LogP contribution < -0.4 is 0 Å². The van der Waals surface area contributed by atoms with Crippen molar-refractivity contribution in [2.75, 3.05) is 26.2 Å². The standard InChI is InChI=1S/C11H17N3O2S/c1-9(15)14-4-3-13(6-10(16)7-14)8-11-12-2-5-17-11/h2,5,10,16H,3-4,6-8H2,1H3/t10-/m1/s1. The van der Waals surface area contributed by atoms with Crippen LogP contribution in [0.1, 0.15) is 11.9 Å². The van der Waals surface area contributed by atoms with E-state index in [9.17, 15) is 9.90 Å². The monoisotopic (exact) mass is 255 g/mol. The van der Waals surface area contributed by atoms with Crippen molar-refractivity contribution < 1.29 is 9.90 Å². The quantitative estimate of drug-likeness (QED) is 0.818. The average Bonchev–Trinajstić information content (AvgIpc) is 2.68. The first-order valence-corrected chi connectivity index (χ1v) is 6.57. The van der Waals surface area contributed by atoms with Crippen molar-refractivity contribution in [1.29, 1.82) is 0 Å². The van der Waals surface area contributed by atoms with E-state index in [4.69, 9.17) is 0 Å². The second-order valence-corrected chi connectivity index (χ2v) is 5.26. The molecule has 2 heterocycles. The van der Waals surface area contributed by atoms with Crippen molar-refractivity contribution in [1.82, 2.24) is 14.8 Å². The van der Waals surface area contributed by atoms with Gasteiger partial charge in [-0.05, 0) is 0 Å². The van der Waals surface area contributed by atoms with Gasteiger partial charge in [-0.1, -0.05) is 0 Å². The maximum Gasteiger partial charge on any atom is 0.219 e. The molecule has 1 aromatic rings. The second-order valence-electron chi connectivity index (χ2n) is 4.28. The lowest BCUT2D eigenvalue weighted by Gasteiger charge is -2.19. The van der Waals surface area contributed by atoms with Gasteiger partial charge in [0.2, 0.25) is 5.91 Å². The van der Waals surface area contributed by atoms with Crippen LogP contribution in [0, 0.1) is 0 Å². The molecule has 1 aromatic heterocycles. The van der Waals surface area contributed by atoms with Gasteiger partial charge in [0.25, 0.3) is 0 Å². The van der Waals surface area contributed by atoms with Crippen LogP contribution >= 0.6 is 11.3 Å². The van der Waals surface area contributed by atoms with Crippen molar-refractivity contribution in [2.45, 2.75) is 19.6 Å². The van der Waals surface area contributed by atoms with Gasteiger partial charge < -0.3 is 10.0 Å². The van der Waals surface area contributed by atoms with Gasteiger partial charge in [0, 0.05) is 44.7 Å². The summed E-state index contributed by atoms with van der Waals surface area (Å²) < 4.78 is 0. The summed E-state index contributed by atoms with van der Waals surface area (Å²) in [6.45, 7) is 4.80. The molecule has 1 amide bonds. The molecule has 1 atom stereocenters. The number of nitrogens with zero attached hydrogens (tertiary/aromatic N) is 3. The van der Waals surface area contributed by atoms with Crippen LogP contribution in [-0.4, -0.2) is 58.1 Å². The highest BCUT2D eigenvalue weighted by molar-refractivity contribution is 7.09. The summed E-state index contributed by atoms with van der Waals surface area (Å²) in [6, 6.07) is 0.